The summed E-state index contributed by atoms with van der Waals surface area (Å²) in [6.07, 6.45) is -4.90. The first-order valence-corrected chi connectivity index (χ1v) is 13.3. The van der Waals surface area contributed by atoms with Crippen LogP contribution < -0.4 is 14.8 Å². The number of alkyl halides is 3. The summed E-state index contributed by atoms with van der Waals surface area (Å²) in [5, 5.41) is 13.5. The Morgan fingerprint density at radius 1 is 1.00 bits per heavy atom. The summed E-state index contributed by atoms with van der Waals surface area (Å²) in [5.41, 5.74) is -3.56. The van der Waals surface area contributed by atoms with Crippen LogP contribution in [-0.4, -0.2) is 75.9 Å². The average Bonchev–Trinajstić information content (AvgIpc) is 3.83. The Balaban J connectivity index is 1.38. The smallest absolute Gasteiger partial charge is 0.431 e. The highest BCUT2D eigenvalue weighted by atomic mass is 19.4. The van der Waals surface area contributed by atoms with E-state index in [-0.39, 0.29) is 49.4 Å². The second kappa shape index (κ2) is 14.2. The summed E-state index contributed by atoms with van der Waals surface area (Å²) in [6, 6.07) is 11.6. The Labute approximate surface area is 249 Å². The van der Waals surface area contributed by atoms with Crippen molar-refractivity contribution in [2.24, 2.45) is 0 Å². The van der Waals surface area contributed by atoms with Crippen molar-refractivity contribution < 1.29 is 56.1 Å². The number of allylic oxidation sites excluding steroid dienone is 2. The molecule has 1 fully saturated rings. The molecule has 2 aromatic carbocycles. The van der Waals surface area contributed by atoms with Crippen molar-refractivity contribution in [3.63, 3.8) is 0 Å². The topological polar surface area (TPSA) is 148 Å². The molecule has 1 saturated heterocycles. The minimum absolute atomic E-state index is 0.0696. The van der Waals surface area contributed by atoms with E-state index in [2.05, 4.69) is 10.1 Å². The van der Waals surface area contributed by atoms with Gasteiger partial charge in [-0.25, -0.2) is 9.59 Å². The minimum Gasteiger partial charge on any atom is -0.491 e. The molecule has 2 aliphatic rings. The number of rotatable bonds is 14. The minimum atomic E-state index is -5.05. The molecule has 0 aromatic heterocycles. The van der Waals surface area contributed by atoms with Crippen molar-refractivity contribution in [2.45, 2.75) is 25.1 Å². The van der Waals surface area contributed by atoms with Crippen LogP contribution in [0, 0.1) is 10.1 Å². The van der Waals surface area contributed by atoms with Crippen molar-refractivity contribution in [3.8, 4) is 11.5 Å². The lowest BCUT2D eigenvalue weighted by Crippen LogP contribution is -2.38. The highest BCUT2D eigenvalue weighted by Gasteiger charge is 2.47. The van der Waals surface area contributed by atoms with Crippen LogP contribution in [0.2, 0.25) is 0 Å². The van der Waals surface area contributed by atoms with Gasteiger partial charge in [-0.05, 0) is 36.8 Å². The number of carbonyl (C=O) groups excluding carboxylic acids is 2. The summed E-state index contributed by atoms with van der Waals surface area (Å²) in [6.45, 7) is 2.36. The van der Waals surface area contributed by atoms with Crippen LogP contribution in [-0.2, 0) is 28.5 Å². The van der Waals surface area contributed by atoms with Gasteiger partial charge < -0.3 is 33.7 Å². The zero-order chi connectivity index (χ0) is 31.9. The van der Waals surface area contributed by atoms with E-state index in [1.165, 1.54) is 19.1 Å². The molecule has 0 amide bonds. The van der Waals surface area contributed by atoms with Crippen LogP contribution >= 0.6 is 0 Å². The molecule has 2 atom stereocenters. The van der Waals surface area contributed by atoms with Crippen molar-refractivity contribution >= 4 is 17.6 Å². The third-order valence-corrected chi connectivity index (χ3v) is 6.51. The molecule has 15 heteroatoms. The monoisotopic (exact) mass is 622 g/mol. The molecule has 2 aliphatic heterocycles. The maximum Gasteiger partial charge on any atom is 0.431 e. The SMILES string of the molecule is COC(=O)C1=C(C(F)(F)F)NC(C)=C(C(=O)OCCOCCOc2ccc(OCC3CO3)cc2)C1c1cccc([N+](=O)[O-])c1. The number of halogens is 3. The van der Waals surface area contributed by atoms with Gasteiger partial charge in [-0.2, -0.15) is 13.2 Å². The summed E-state index contributed by atoms with van der Waals surface area (Å²) < 4.78 is 73.6. The number of carbonyl (C=O) groups is 2. The van der Waals surface area contributed by atoms with Gasteiger partial charge in [-0.3, -0.25) is 10.1 Å². The standard InChI is InChI=1S/C29H29F3N2O10/c1-17-23(28(36)42-13-11-40-10-12-41-20-6-8-21(9-7-20)43-15-22-16-44-22)24(18-4-3-5-19(14-18)34(37)38)25(27(35)39-2)26(33-17)29(30,31)32/h3-9,14,22,24,33H,10-13,15-16H2,1-2H3. The van der Waals surface area contributed by atoms with Gasteiger partial charge >= 0.3 is 18.1 Å². The molecule has 0 bridgehead atoms. The zero-order valence-corrected chi connectivity index (χ0v) is 23.7. The molecule has 0 aliphatic carbocycles. The number of hydrogen-bond donors (Lipinski definition) is 1. The molecule has 2 unspecified atom stereocenters. The fourth-order valence-corrected chi connectivity index (χ4v) is 4.38. The number of esters is 2. The lowest BCUT2D eigenvalue weighted by Gasteiger charge is -2.31. The molecule has 12 nitrogen and oxygen atoms in total. The molecule has 44 heavy (non-hydrogen) atoms. The van der Waals surface area contributed by atoms with Crippen LogP contribution in [0.3, 0.4) is 0 Å². The summed E-state index contributed by atoms with van der Waals surface area (Å²) in [7, 11) is 0.882. The third kappa shape index (κ3) is 8.26. The highest BCUT2D eigenvalue weighted by molar-refractivity contribution is 6.00. The lowest BCUT2D eigenvalue weighted by atomic mass is 9.80. The number of benzene rings is 2. The Morgan fingerprint density at radius 2 is 1.66 bits per heavy atom. The molecule has 236 valence electrons. The Kier molecular flexibility index (Phi) is 10.4. The van der Waals surface area contributed by atoms with Gasteiger partial charge in [0.05, 0.1) is 48.9 Å². The van der Waals surface area contributed by atoms with E-state index in [0.29, 0.717) is 24.7 Å². The lowest BCUT2D eigenvalue weighted by molar-refractivity contribution is -0.384. The Bertz CT molecular complexity index is 1440. The normalized spacial score (nSPS) is 17.9. The number of dihydropyridines is 1. The predicted octanol–water partition coefficient (Wildman–Crippen LogP) is 3.96. The number of nitrogens with zero attached hydrogens (tertiary/aromatic N) is 1. The first-order chi connectivity index (χ1) is 21.0. The summed E-state index contributed by atoms with van der Waals surface area (Å²) in [4.78, 5) is 36.5. The molecule has 2 heterocycles. The maximum atomic E-state index is 14.0. The van der Waals surface area contributed by atoms with Crippen LogP contribution in [0.15, 0.2) is 71.1 Å². The number of ether oxygens (including phenoxy) is 6. The maximum absolute atomic E-state index is 14.0. The number of hydrogen-bond acceptors (Lipinski definition) is 11. The molecule has 1 N–H and O–H groups in total. The van der Waals surface area contributed by atoms with Gasteiger partial charge in [0.1, 0.15) is 43.1 Å². The number of nitrogens with one attached hydrogen (secondary N) is 1. The molecule has 0 spiro atoms. The fourth-order valence-electron chi connectivity index (χ4n) is 4.38. The second-order valence-corrected chi connectivity index (χ2v) is 9.56. The quantitative estimate of drug-likeness (QED) is 0.107. The van der Waals surface area contributed by atoms with Gasteiger partial charge in [0.15, 0.2) is 0 Å². The molecular formula is C29H29F3N2O10. The highest BCUT2D eigenvalue weighted by Crippen LogP contribution is 2.44. The van der Waals surface area contributed by atoms with Gasteiger partial charge in [-0.1, -0.05) is 12.1 Å². The molecule has 0 radical (unpaired) electrons. The van der Waals surface area contributed by atoms with E-state index in [9.17, 15) is 32.9 Å². The van der Waals surface area contributed by atoms with Crippen molar-refractivity contribution in [2.75, 3.05) is 46.8 Å². The number of non-ortho nitro benzene ring substituents is 1. The molecule has 2 aromatic rings. The first kappa shape index (κ1) is 32.3. The van der Waals surface area contributed by atoms with Crippen LogP contribution in [0.5, 0.6) is 11.5 Å². The number of nitro benzene ring substituents is 1. The van der Waals surface area contributed by atoms with E-state index in [4.69, 9.17) is 23.7 Å². The third-order valence-electron chi connectivity index (χ3n) is 6.51. The van der Waals surface area contributed by atoms with Gasteiger partial charge in [0, 0.05) is 17.8 Å². The van der Waals surface area contributed by atoms with E-state index < -0.39 is 45.9 Å². The van der Waals surface area contributed by atoms with Crippen molar-refractivity contribution in [1.82, 2.24) is 5.32 Å². The molecule has 4 rings (SSSR count). The van der Waals surface area contributed by atoms with E-state index in [0.717, 1.165) is 19.2 Å². The fraction of sp³-hybridized carbons (Fsp3) is 0.379. The predicted molar refractivity (Wildman–Crippen MR) is 146 cm³/mol. The molecule has 0 saturated carbocycles. The van der Waals surface area contributed by atoms with Crippen molar-refractivity contribution in [3.05, 3.63) is 86.7 Å². The summed E-state index contributed by atoms with van der Waals surface area (Å²) >= 11 is 0. The number of nitro groups is 1. The van der Waals surface area contributed by atoms with E-state index >= 15 is 0 Å². The van der Waals surface area contributed by atoms with Gasteiger partial charge in [0.2, 0.25) is 0 Å². The average molecular weight is 623 g/mol. The van der Waals surface area contributed by atoms with Crippen LogP contribution in [0.25, 0.3) is 0 Å². The van der Waals surface area contributed by atoms with E-state index in [1.54, 1.807) is 24.3 Å². The first-order valence-electron chi connectivity index (χ1n) is 13.3. The summed E-state index contributed by atoms with van der Waals surface area (Å²) in [5.74, 6) is -2.84. The van der Waals surface area contributed by atoms with Crippen molar-refractivity contribution in [1.29, 1.82) is 0 Å². The van der Waals surface area contributed by atoms with Crippen LogP contribution in [0.4, 0.5) is 18.9 Å². The van der Waals surface area contributed by atoms with E-state index in [1.807, 2.05) is 0 Å². The zero-order valence-electron chi connectivity index (χ0n) is 23.7. The van der Waals surface area contributed by atoms with Crippen LogP contribution in [0.1, 0.15) is 18.4 Å². The van der Waals surface area contributed by atoms with Gasteiger partial charge in [0.25, 0.3) is 5.69 Å². The molecular weight excluding hydrogens is 593 g/mol. The Morgan fingerprint density at radius 3 is 2.27 bits per heavy atom. The van der Waals surface area contributed by atoms with Gasteiger partial charge in [-0.15, -0.1) is 0 Å². The second-order valence-electron chi connectivity index (χ2n) is 9.56. The number of epoxide rings is 1. The largest absolute Gasteiger partial charge is 0.491 e. The number of methoxy groups -OCH3 is 1. The Hall–Kier alpha value is -4.63.